The second kappa shape index (κ2) is 8.58. The molecule has 2 heterocycles. The lowest BCUT2D eigenvalue weighted by Crippen LogP contribution is -2.53. The Hall–Kier alpha value is -3.01. The number of hydrogen-bond donors (Lipinski definition) is 1. The maximum absolute atomic E-state index is 13.3. The molecule has 10 heteroatoms. The highest BCUT2D eigenvalue weighted by Gasteiger charge is 2.71. The lowest BCUT2D eigenvalue weighted by Gasteiger charge is -2.33. The number of alkyl halides is 6. The van der Waals surface area contributed by atoms with Crippen LogP contribution in [-0.4, -0.2) is 28.5 Å². The van der Waals surface area contributed by atoms with E-state index in [0.29, 0.717) is 34.7 Å². The van der Waals surface area contributed by atoms with Crippen molar-refractivity contribution >= 4 is 5.69 Å². The molecule has 1 aromatic heterocycles. The number of hydrogen-bond acceptors (Lipinski definition) is 4. The molecule has 0 aliphatic carbocycles. The second-order valence-electron chi connectivity index (χ2n) is 8.81. The van der Waals surface area contributed by atoms with Gasteiger partial charge in [-0.05, 0) is 56.0 Å². The Labute approximate surface area is 198 Å². The minimum Gasteiger partial charge on any atom is -0.441 e. The van der Waals surface area contributed by atoms with Crippen molar-refractivity contribution in [2.45, 2.75) is 64.2 Å². The summed E-state index contributed by atoms with van der Waals surface area (Å²) in [6.07, 6.45) is -10.8. The van der Waals surface area contributed by atoms with Crippen LogP contribution in [0.4, 0.5) is 32.0 Å². The molecular formula is C25H24F6N2O2. The number of nitrogens with zero attached hydrogens (tertiary/aromatic N) is 2. The topological polar surface area (TPSA) is 49.5 Å². The van der Waals surface area contributed by atoms with Gasteiger partial charge < -0.3 is 14.4 Å². The number of rotatable bonds is 5. The first kappa shape index (κ1) is 25.1. The fraction of sp³-hybridized carbons (Fsp3) is 0.400. The van der Waals surface area contributed by atoms with Crippen molar-refractivity contribution in [3.63, 3.8) is 0 Å². The second-order valence-corrected chi connectivity index (χ2v) is 8.81. The average Bonchev–Trinajstić information content (AvgIpc) is 3.30. The summed E-state index contributed by atoms with van der Waals surface area (Å²) in [4.78, 5) is 6.46. The Morgan fingerprint density at radius 2 is 1.74 bits per heavy atom. The molecule has 4 rings (SSSR count). The summed E-state index contributed by atoms with van der Waals surface area (Å²) in [7, 11) is 0. The summed E-state index contributed by atoms with van der Waals surface area (Å²) in [5.74, 6) is 1.01. The summed E-state index contributed by atoms with van der Waals surface area (Å²) in [6, 6.07) is 10.2. The van der Waals surface area contributed by atoms with Crippen molar-refractivity contribution in [2.75, 3.05) is 4.90 Å². The van der Waals surface area contributed by atoms with Crippen molar-refractivity contribution in [1.29, 1.82) is 0 Å². The van der Waals surface area contributed by atoms with Gasteiger partial charge in [-0.25, -0.2) is 4.98 Å². The summed E-state index contributed by atoms with van der Waals surface area (Å²) in [5.41, 5.74) is -2.86. The van der Waals surface area contributed by atoms with Gasteiger partial charge in [0.1, 0.15) is 11.5 Å². The van der Waals surface area contributed by atoms with Crippen molar-refractivity contribution in [3.05, 3.63) is 70.6 Å². The Morgan fingerprint density at radius 3 is 2.37 bits per heavy atom. The highest BCUT2D eigenvalue weighted by atomic mass is 19.4. The molecule has 2 aromatic carbocycles. The molecule has 3 aromatic rings. The molecule has 1 unspecified atom stereocenters. The fourth-order valence-corrected chi connectivity index (χ4v) is 4.43. The van der Waals surface area contributed by atoms with Crippen LogP contribution in [0, 0.1) is 6.92 Å². The molecule has 0 radical (unpaired) electrons. The molecule has 35 heavy (non-hydrogen) atoms. The van der Waals surface area contributed by atoms with Gasteiger partial charge in [0.05, 0.1) is 6.54 Å². The summed E-state index contributed by atoms with van der Waals surface area (Å²) in [5, 5.41) is 9.75. The van der Waals surface area contributed by atoms with E-state index in [9.17, 15) is 31.4 Å². The molecule has 0 spiro atoms. The lowest BCUT2D eigenvalue weighted by atomic mass is 9.90. The Kier molecular flexibility index (Phi) is 6.15. The van der Waals surface area contributed by atoms with Crippen LogP contribution < -0.4 is 4.90 Å². The van der Waals surface area contributed by atoms with Crippen LogP contribution in [0.3, 0.4) is 0 Å². The first-order chi connectivity index (χ1) is 16.3. The monoisotopic (exact) mass is 498 g/mol. The maximum atomic E-state index is 13.3. The van der Waals surface area contributed by atoms with Crippen LogP contribution in [0.2, 0.25) is 0 Å². The van der Waals surface area contributed by atoms with Gasteiger partial charge >= 0.3 is 12.4 Å². The minimum absolute atomic E-state index is 0.215. The zero-order valence-corrected chi connectivity index (χ0v) is 19.3. The highest BCUT2D eigenvalue weighted by Crippen LogP contribution is 2.51. The zero-order valence-electron chi connectivity index (χ0n) is 19.3. The van der Waals surface area contributed by atoms with Crippen LogP contribution >= 0.6 is 0 Å². The van der Waals surface area contributed by atoms with E-state index in [1.807, 2.05) is 43.0 Å². The summed E-state index contributed by atoms with van der Waals surface area (Å²) < 4.78 is 85.7. The molecule has 1 aliphatic rings. The number of aryl methyl sites for hydroxylation is 2. The predicted octanol–water partition coefficient (Wildman–Crippen LogP) is 6.48. The van der Waals surface area contributed by atoms with Crippen LogP contribution in [-0.2, 0) is 25.0 Å². The minimum atomic E-state index is -5.92. The van der Waals surface area contributed by atoms with Gasteiger partial charge in [-0.2, -0.15) is 26.3 Å². The number of oxazole rings is 1. The predicted molar refractivity (Wildman–Crippen MR) is 118 cm³/mol. The molecule has 4 nitrogen and oxygen atoms in total. The molecule has 0 bridgehead atoms. The van der Waals surface area contributed by atoms with Crippen molar-refractivity contribution in [2.24, 2.45) is 0 Å². The Balaban J connectivity index is 1.65. The number of fused-ring (bicyclic) bond motifs is 1. The standard InChI is InChI=1S/C25H24F6N2O2/c1-4-16-6-5-7-17(11-16)22-32-20(15(3)35-22)13-33-14(2)10-18-12-19(8-9-21(18)33)23(34,24(26,27)28)25(29,30)31/h5-9,11-12,14,34H,4,10,13H2,1-3H3. The summed E-state index contributed by atoms with van der Waals surface area (Å²) >= 11 is 0. The molecular weight excluding hydrogens is 474 g/mol. The van der Waals surface area contributed by atoms with Gasteiger partial charge in [0, 0.05) is 22.9 Å². The third kappa shape index (κ3) is 4.28. The smallest absolute Gasteiger partial charge is 0.430 e. The van der Waals surface area contributed by atoms with E-state index in [2.05, 4.69) is 4.98 Å². The molecule has 1 N–H and O–H groups in total. The number of aliphatic hydroxyl groups is 1. The van der Waals surface area contributed by atoms with E-state index >= 15 is 0 Å². The van der Waals surface area contributed by atoms with Gasteiger partial charge in [-0.3, -0.25) is 0 Å². The molecule has 1 atom stereocenters. The van der Waals surface area contributed by atoms with Crippen LogP contribution in [0.1, 0.15) is 42.0 Å². The van der Waals surface area contributed by atoms with E-state index in [-0.39, 0.29) is 19.0 Å². The third-order valence-electron chi connectivity index (χ3n) is 6.47. The normalized spacial score (nSPS) is 16.6. The van der Waals surface area contributed by atoms with Crippen molar-refractivity contribution in [1.82, 2.24) is 4.98 Å². The van der Waals surface area contributed by atoms with E-state index in [0.717, 1.165) is 23.6 Å². The van der Waals surface area contributed by atoms with Crippen LogP contribution in [0.5, 0.6) is 0 Å². The molecule has 0 amide bonds. The Bertz CT molecular complexity index is 1220. The number of anilines is 1. The quantitative estimate of drug-likeness (QED) is 0.410. The van der Waals surface area contributed by atoms with Gasteiger partial charge in [0.2, 0.25) is 5.89 Å². The SMILES string of the molecule is CCc1cccc(-c2nc(CN3c4ccc(C(O)(C(F)(F)F)C(F)(F)F)cc4CC3C)c(C)o2)c1. The largest absolute Gasteiger partial charge is 0.441 e. The molecule has 0 saturated heterocycles. The number of aromatic nitrogens is 1. The molecule has 188 valence electrons. The van der Waals surface area contributed by atoms with Gasteiger partial charge in [0.15, 0.2) is 0 Å². The third-order valence-corrected chi connectivity index (χ3v) is 6.47. The zero-order chi connectivity index (χ0) is 25.8. The number of benzene rings is 2. The Morgan fingerprint density at radius 1 is 1.06 bits per heavy atom. The van der Waals surface area contributed by atoms with Gasteiger partial charge in [-0.1, -0.05) is 31.2 Å². The first-order valence-electron chi connectivity index (χ1n) is 11.1. The molecule has 0 fully saturated rings. The summed E-state index contributed by atoms with van der Waals surface area (Å²) in [6.45, 7) is 5.87. The van der Waals surface area contributed by atoms with Crippen LogP contribution in [0.25, 0.3) is 11.5 Å². The van der Waals surface area contributed by atoms with Gasteiger partial charge in [0.25, 0.3) is 5.60 Å². The van der Waals surface area contributed by atoms with E-state index < -0.39 is 23.5 Å². The first-order valence-corrected chi connectivity index (χ1v) is 11.1. The maximum Gasteiger partial charge on any atom is 0.430 e. The van der Waals surface area contributed by atoms with Crippen LogP contribution in [0.15, 0.2) is 46.9 Å². The molecule has 1 aliphatic heterocycles. The average molecular weight is 498 g/mol. The van der Waals surface area contributed by atoms with E-state index in [1.165, 1.54) is 6.07 Å². The van der Waals surface area contributed by atoms with E-state index in [4.69, 9.17) is 4.42 Å². The van der Waals surface area contributed by atoms with Crippen molar-refractivity contribution in [3.8, 4) is 11.5 Å². The molecule has 0 saturated carbocycles. The van der Waals surface area contributed by atoms with E-state index in [1.54, 1.807) is 6.92 Å². The lowest BCUT2D eigenvalue weighted by molar-refractivity contribution is -0.376. The fourth-order valence-electron chi connectivity index (χ4n) is 4.43. The number of halogens is 6. The van der Waals surface area contributed by atoms with Crippen molar-refractivity contribution < 1.29 is 35.9 Å². The van der Waals surface area contributed by atoms with Gasteiger partial charge in [-0.15, -0.1) is 0 Å². The highest BCUT2D eigenvalue weighted by molar-refractivity contribution is 5.62.